The molecule has 94 valence electrons. The van der Waals surface area contributed by atoms with Crippen molar-refractivity contribution in [3.05, 3.63) is 29.6 Å². The zero-order valence-electron chi connectivity index (χ0n) is 9.87. The summed E-state index contributed by atoms with van der Waals surface area (Å²) in [6.07, 6.45) is 0. The number of hydrogen-bond donors (Lipinski definition) is 2. The molecule has 5 heteroatoms. The lowest BCUT2D eigenvalue weighted by molar-refractivity contribution is -0.142. The first-order chi connectivity index (χ1) is 8.04. The SMILES string of the molecule is CCOC(=O)CNC(C)c1ccc(O)cc1F. The first kappa shape index (κ1) is 13.4. The van der Waals surface area contributed by atoms with Crippen molar-refractivity contribution in [2.45, 2.75) is 19.9 Å². The lowest BCUT2D eigenvalue weighted by Gasteiger charge is -2.14. The van der Waals surface area contributed by atoms with E-state index in [1.807, 2.05) is 0 Å². The number of esters is 1. The van der Waals surface area contributed by atoms with Crippen LogP contribution in [-0.4, -0.2) is 24.2 Å². The van der Waals surface area contributed by atoms with Gasteiger partial charge in [0, 0.05) is 17.7 Å². The molecule has 1 unspecified atom stereocenters. The molecular formula is C12H16FNO3. The minimum atomic E-state index is -0.506. The Balaban J connectivity index is 2.57. The summed E-state index contributed by atoms with van der Waals surface area (Å²) >= 11 is 0. The van der Waals surface area contributed by atoms with Gasteiger partial charge in [0.1, 0.15) is 11.6 Å². The maximum Gasteiger partial charge on any atom is 0.319 e. The highest BCUT2D eigenvalue weighted by atomic mass is 19.1. The van der Waals surface area contributed by atoms with Crippen molar-refractivity contribution in [2.75, 3.05) is 13.2 Å². The highest BCUT2D eigenvalue weighted by molar-refractivity contribution is 5.71. The first-order valence-electron chi connectivity index (χ1n) is 5.42. The van der Waals surface area contributed by atoms with E-state index >= 15 is 0 Å². The van der Waals surface area contributed by atoms with E-state index in [1.54, 1.807) is 13.8 Å². The van der Waals surface area contributed by atoms with Gasteiger partial charge in [-0.3, -0.25) is 4.79 Å². The first-order valence-corrected chi connectivity index (χ1v) is 5.42. The molecule has 4 nitrogen and oxygen atoms in total. The van der Waals surface area contributed by atoms with Gasteiger partial charge < -0.3 is 15.2 Å². The molecule has 1 rings (SSSR count). The van der Waals surface area contributed by atoms with Crippen molar-refractivity contribution in [1.82, 2.24) is 5.32 Å². The molecule has 0 aliphatic rings. The molecule has 0 aliphatic heterocycles. The topological polar surface area (TPSA) is 58.6 Å². The van der Waals surface area contributed by atoms with Crippen molar-refractivity contribution in [3.8, 4) is 5.75 Å². The average molecular weight is 241 g/mol. The van der Waals surface area contributed by atoms with E-state index in [2.05, 4.69) is 5.32 Å². The van der Waals surface area contributed by atoms with Gasteiger partial charge in [0.25, 0.3) is 0 Å². The Hall–Kier alpha value is -1.62. The minimum absolute atomic E-state index is 0.0231. The fourth-order valence-electron chi connectivity index (χ4n) is 1.43. The van der Waals surface area contributed by atoms with Gasteiger partial charge in [-0.05, 0) is 19.9 Å². The Morgan fingerprint density at radius 2 is 2.29 bits per heavy atom. The second kappa shape index (κ2) is 6.20. The Morgan fingerprint density at radius 3 is 2.88 bits per heavy atom. The molecule has 0 spiro atoms. The highest BCUT2D eigenvalue weighted by Gasteiger charge is 2.12. The number of halogens is 1. The number of rotatable bonds is 5. The third-order valence-electron chi connectivity index (χ3n) is 2.31. The fraction of sp³-hybridized carbons (Fsp3) is 0.417. The lowest BCUT2D eigenvalue weighted by atomic mass is 10.1. The largest absolute Gasteiger partial charge is 0.508 e. The van der Waals surface area contributed by atoms with Gasteiger partial charge in [0.15, 0.2) is 0 Å². The Bertz CT molecular complexity index is 395. The Morgan fingerprint density at radius 1 is 1.59 bits per heavy atom. The summed E-state index contributed by atoms with van der Waals surface area (Å²) in [6.45, 7) is 3.80. The van der Waals surface area contributed by atoms with Gasteiger partial charge in [-0.1, -0.05) is 6.07 Å². The molecule has 0 heterocycles. The summed E-state index contributed by atoms with van der Waals surface area (Å²) in [6, 6.07) is 3.59. The summed E-state index contributed by atoms with van der Waals surface area (Å²) in [4.78, 5) is 11.1. The summed E-state index contributed by atoms with van der Waals surface area (Å²) in [5, 5.41) is 11.9. The molecule has 0 saturated carbocycles. The van der Waals surface area contributed by atoms with Crippen molar-refractivity contribution >= 4 is 5.97 Å². The molecule has 1 aromatic rings. The van der Waals surface area contributed by atoms with Crippen LogP contribution in [0.25, 0.3) is 0 Å². The van der Waals surface area contributed by atoms with Crippen molar-refractivity contribution in [1.29, 1.82) is 0 Å². The third-order valence-corrected chi connectivity index (χ3v) is 2.31. The molecule has 0 radical (unpaired) electrons. The monoisotopic (exact) mass is 241 g/mol. The normalized spacial score (nSPS) is 12.2. The number of ether oxygens (including phenoxy) is 1. The number of phenolic OH excluding ortho intramolecular Hbond substituents is 1. The molecule has 0 aliphatic carbocycles. The van der Waals surface area contributed by atoms with E-state index in [-0.39, 0.29) is 24.3 Å². The molecular weight excluding hydrogens is 225 g/mol. The maximum atomic E-state index is 13.5. The number of carbonyl (C=O) groups is 1. The minimum Gasteiger partial charge on any atom is -0.508 e. The number of benzene rings is 1. The molecule has 0 amide bonds. The molecule has 0 aromatic heterocycles. The Kier molecular flexibility index (Phi) is 4.90. The predicted molar refractivity (Wildman–Crippen MR) is 61.1 cm³/mol. The number of carbonyl (C=O) groups excluding carboxylic acids is 1. The molecule has 1 aromatic carbocycles. The molecule has 0 bridgehead atoms. The van der Waals surface area contributed by atoms with E-state index in [1.165, 1.54) is 12.1 Å². The van der Waals surface area contributed by atoms with E-state index in [0.717, 1.165) is 6.07 Å². The third kappa shape index (κ3) is 4.03. The van der Waals surface area contributed by atoms with Crippen LogP contribution in [0.1, 0.15) is 25.5 Å². The van der Waals surface area contributed by atoms with Gasteiger partial charge in [0.2, 0.25) is 0 Å². The summed E-state index contributed by atoms with van der Waals surface area (Å²) in [7, 11) is 0. The lowest BCUT2D eigenvalue weighted by Crippen LogP contribution is -2.27. The van der Waals surface area contributed by atoms with Gasteiger partial charge >= 0.3 is 5.97 Å². The van der Waals surface area contributed by atoms with Crippen molar-refractivity contribution in [2.24, 2.45) is 0 Å². The van der Waals surface area contributed by atoms with Crippen molar-refractivity contribution in [3.63, 3.8) is 0 Å². The average Bonchev–Trinajstić information content (AvgIpc) is 2.26. The molecule has 1 atom stereocenters. The quantitative estimate of drug-likeness (QED) is 0.771. The van der Waals surface area contributed by atoms with Crippen molar-refractivity contribution < 1.29 is 19.0 Å². The standard InChI is InChI=1S/C12H16FNO3/c1-3-17-12(16)7-14-8(2)10-5-4-9(15)6-11(10)13/h4-6,8,14-15H,3,7H2,1-2H3. The van der Waals surface area contributed by atoms with Crippen LogP contribution in [0.5, 0.6) is 5.75 Å². The molecule has 2 N–H and O–H groups in total. The number of aromatic hydroxyl groups is 1. The van der Waals surface area contributed by atoms with Crippen LogP contribution in [0.2, 0.25) is 0 Å². The fourth-order valence-corrected chi connectivity index (χ4v) is 1.43. The van der Waals surface area contributed by atoms with E-state index < -0.39 is 5.82 Å². The zero-order chi connectivity index (χ0) is 12.8. The highest BCUT2D eigenvalue weighted by Crippen LogP contribution is 2.20. The van der Waals surface area contributed by atoms with Crippen LogP contribution in [-0.2, 0) is 9.53 Å². The molecule has 0 fully saturated rings. The van der Waals surface area contributed by atoms with Crippen LogP contribution >= 0.6 is 0 Å². The van der Waals surface area contributed by atoms with Gasteiger partial charge in [-0.15, -0.1) is 0 Å². The number of hydrogen-bond acceptors (Lipinski definition) is 4. The summed E-state index contributed by atoms with van der Waals surface area (Å²) < 4.78 is 18.2. The number of nitrogens with one attached hydrogen (secondary N) is 1. The molecule has 0 saturated heterocycles. The number of phenols is 1. The van der Waals surface area contributed by atoms with Gasteiger partial charge in [-0.25, -0.2) is 4.39 Å². The van der Waals surface area contributed by atoms with E-state index in [4.69, 9.17) is 9.84 Å². The van der Waals surface area contributed by atoms with Gasteiger partial charge in [0.05, 0.1) is 13.2 Å². The van der Waals surface area contributed by atoms with E-state index in [9.17, 15) is 9.18 Å². The Labute approximate surface area is 99.4 Å². The summed E-state index contributed by atoms with van der Waals surface area (Å²) in [5.41, 5.74) is 0.395. The van der Waals surface area contributed by atoms with Crippen LogP contribution in [0, 0.1) is 5.82 Å². The second-order valence-corrected chi connectivity index (χ2v) is 3.61. The van der Waals surface area contributed by atoms with Crippen LogP contribution in [0.3, 0.4) is 0 Å². The smallest absolute Gasteiger partial charge is 0.319 e. The van der Waals surface area contributed by atoms with Crippen LogP contribution in [0.4, 0.5) is 4.39 Å². The molecule has 17 heavy (non-hydrogen) atoms. The van der Waals surface area contributed by atoms with E-state index in [0.29, 0.717) is 12.2 Å². The van der Waals surface area contributed by atoms with Crippen LogP contribution in [0.15, 0.2) is 18.2 Å². The predicted octanol–water partition coefficient (Wildman–Crippen LogP) is 1.74. The van der Waals surface area contributed by atoms with Crippen LogP contribution < -0.4 is 5.32 Å². The second-order valence-electron chi connectivity index (χ2n) is 3.61. The summed E-state index contributed by atoms with van der Waals surface area (Å²) in [5.74, 6) is -1.00. The maximum absolute atomic E-state index is 13.5. The van der Waals surface area contributed by atoms with Gasteiger partial charge in [-0.2, -0.15) is 0 Å². The zero-order valence-corrected chi connectivity index (χ0v) is 9.87.